The molecule has 0 spiro atoms. The summed E-state index contributed by atoms with van der Waals surface area (Å²) in [5, 5.41) is 8.67. The van der Waals surface area contributed by atoms with Gasteiger partial charge in [-0.2, -0.15) is 5.26 Å². The normalized spacial score (nSPS) is 10.1. The molecule has 90 valence electrons. The lowest BCUT2D eigenvalue weighted by Crippen LogP contribution is -2.11. The van der Waals surface area contributed by atoms with Gasteiger partial charge in [0, 0.05) is 5.56 Å². The fourth-order valence-corrected chi connectivity index (χ4v) is 1.21. The summed E-state index contributed by atoms with van der Waals surface area (Å²) in [7, 11) is 1.13. The van der Waals surface area contributed by atoms with Crippen molar-refractivity contribution in [2.24, 2.45) is 0 Å². The number of hydrogen-bond donors (Lipinski definition) is 1. The van der Waals surface area contributed by atoms with E-state index in [0.717, 1.165) is 13.2 Å². The first-order chi connectivity index (χ1) is 7.99. The average molecular weight is 241 g/mol. The number of anilines is 1. The fourth-order valence-electron chi connectivity index (χ4n) is 1.21. The van der Waals surface area contributed by atoms with Crippen LogP contribution >= 0.6 is 0 Å². The minimum atomic E-state index is -2.82. The van der Waals surface area contributed by atoms with Gasteiger partial charge in [0.25, 0.3) is 6.43 Å². The summed E-state index contributed by atoms with van der Waals surface area (Å²) in [6, 6.07) is 2.61. The first-order valence-corrected chi connectivity index (χ1v) is 4.54. The van der Waals surface area contributed by atoms with E-state index in [1.54, 1.807) is 6.07 Å². The molecule has 0 aliphatic heterocycles. The standard InChI is InChI=1S/C10H9F2N3O2/c1-17-9(16)3-7-5(10(11)12)2-6(14)8(4-13)15-7/h2,10H,3,14H2,1H3. The molecule has 5 nitrogen and oxygen atoms in total. The second kappa shape index (κ2) is 5.21. The Bertz CT molecular complexity index is 483. The van der Waals surface area contributed by atoms with E-state index < -0.39 is 24.4 Å². The molecule has 2 N–H and O–H groups in total. The molecule has 0 aliphatic rings. The maximum atomic E-state index is 12.7. The Labute approximate surface area is 95.8 Å². The molecule has 1 aromatic heterocycles. The zero-order valence-corrected chi connectivity index (χ0v) is 8.91. The highest BCUT2D eigenvalue weighted by Gasteiger charge is 2.19. The van der Waals surface area contributed by atoms with Crippen LogP contribution in [0, 0.1) is 11.3 Å². The van der Waals surface area contributed by atoms with Crippen LogP contribution in [0.5, 0.6) is 0 Å². The first-order valence-electron chi connectivity index (χ1n) is 4.54. The maximum absolute atomic E-state index is 12.7. The number of aromatic nitrogens is 1. The van der Waals surface area contributed by atoms with E-state index in [2.05, 4.69) is 9.72 Å². The van der Waals surface area contributed by atoms with Crippen LogP contribution in [0.3, 0.4) is 0 Å². The number of halogens is 2. The van der Waals surface area contributed by atoms with Crippen molar-refractivity contribution < 1.29 is 18.3 Å². The zero-order valence-electron chi connectivity index (χ0n) is 8.91. The number of carbonyl (C=O) groups excluding carboxylic acids is 1. The van der Waals surface area contributed by atoms with Crippen molar-refractivity contribution in [3.63, 3.8) is 0 Å². The lowest BCUT2D eigenvalue weighted by molar-refractivity contribution is -0.139. The molecule has 0 saturated heterocycles. The van der Waals surface area contributed by atoms with Gasteiger partial charge in [-0.25, -0.2) is 13.8 Å². The third-order valence-corrected chi connectivity index (χ3v) is 2.04. The largest absolute Gasteiger partial charge is 0.469 e. The molecule has 0 aromatic carbocycles. The van der Waals surface area contributed by atoms with Gasteiger partial charge in [-0.05, 0) is 6.07 Å². The van der Waals surface area contributed by atoms with Crippen molar-refractivity contribution in [1.82, 2.24) is 4.98 Å². The van der Waals surface area contributed by atoms with Gasteiger partial charge in [0.05, 0.1) is 24.9 Å². The molecule has 1 rings (SSSR count). The van der Waals surface area contributed by atoms with Gasteiger partial charge in [-0.15, -0.1) is 0 Å². The van der Waals surface area contributed by atoms with E-state index in [-0.39, 0.29) is 17.1 Å². The zero-order chi connectivity index (χ0) is 13.0. The molecule has 0 radical (unpaired) electrons. The van der Waals surface area contributed by atoms with Gasteiger partial charge in [0.15, 0.2) is 5.69 Å². The lowest BCUT2D eigenvalue weighted by atomic mass is 10.1. The Morgan fingerprint density at radius 2 is 2.35 bits per heavy atom. The number of nitrogens with two attached hydrogens (primary N) is 1. The molecule has 1 aromatic rings. The minimum Gasteiger partial charge on any atom is -0.469 e. The Morgan fingerprint density at radius 1 is 1.71 bits per heavy atom. The number of nitriles is 1. The number of pyridine rings is 1. The highest BCUT2D eigenvalue weighted by Crippen LogP contribution is 2.25. The smallest absolute Gasteiger partial charge is 0.311 e. The van der Waals surface area contributed by atoms with Crippen molar-refractivity contribution >= 4 is 11.7 Å². The van der Waals surface area contributed by atoms with Crippen LogP contribution < -0.4 is 5.73 Å². The topological polar surface area (TPSA) is 89.0 Å². The number of carbonyl (C=O) groups is 1. The Kier molecular flexibility index (Phi) is 3.93. The van der Waals surface area contributed by atoms with Gasteiger partial charge in [0.1, 0.15) is 6.07 Å². The Morgan fingerprint density at radius 3 is 2.82 bits per heavy atom. The molecule has 0 aliphatic carbocycles. The van der Waals surface area contributed by atoms with Gasteiger partial charge in [0.2, 0.25) is 0 Å². The van der Waals surface area contributed by atoms with Crippen LogP contribution in [0.4, 0.5) is 14.5 Å². The fraction of sp³-hybridized carbons (Fsp3) is 0.300. The SMILES string of the molecule is COC(=O)Cc1nc(C#N)c(N)cc1C(F)F. The highest BCUT2D eigenvalue weighted by atomic mass is 19.3. The summed E-state index contributed by atoms with van der Waals surface area (Å²) >= 11 is 0. The Balaban J connectivity index is 3.25. The summed E-state index contributed by atoms with van der Waals surface area (Å²) in [6.07, 6.45) is -3.25. The van der Waals surface area contributed by atoms with Gasteiger partial charge >= 0.3 is 5.97 Å². The monoisotopic (exact) mass is 241 g/mol. The molecular weight excluding hydrogens is 232 g/mol. The van der Waals surface area contributed by atoms with Crippen molar-refractivity contribution in [3.05, 3.63) is 23.0 Å². The number of nitrogen functional groups attached to an aromatic ring is 1. The lowest BCUT2D eigenvalue weighted by Gasteiger charge is -2.09. The molecule has 0 bridgehead atoms. The maximum Gasteiger partial charge on any atom is 0.311 e. The number of esters is 1. The van der Waals surface area contributed by atoms with E-state index in [1.807, 2.05) is 0 Å². The van der Waals surface area contributed by atoms with Gasteiger partial charge < -0.3 is 10.5 Å². The quantitative estimate of drug-likeness (QED) is 0.803. The number of ether oxygens (including phenoxy) is 1. The van der Waals surface area contributed by atoms with Crippen LogP contribution in [-0.2, 0) is 16.0 Å². The molecule has 7 heteroatoms. The first kappa shape index (κ1) is 12.8. The number of rotatable bonds is 3. The van der Waals surface area contributed by atoms with Crippen LogP contribution in [0.15, 0.2) is 6.07 Å². The van der Waals surface area contributed by atoms with Gasteiger partial charge in [-0.3, -0.25) is 4.79 Å². The number of nitrogens with zero attached hydrogens (tertiary/aromatic N) is 2. The molecule has 0 atom stereocenters. The summed E-state index contributed by atoms with van der Waals surface area (Å²) < 4.78 is 29.7. The van der Waals surface area contributed by atoms with Crippen molar-refractivity contribution in [1.29, 1.82) is 5.26 Å². The third-order valence-electron chi connectivity index (χ3n) is 2.04. The van der Waals surface area contributed by atoms with Crippen molar-refractivity contribution in [2.45, 2.75) is 12.8 Å². The summed E-state index contributed by atoms with van der Waals surface area (Å²) in [4.78, 5) is 14.7. The molecule has 17 heavy (non-hydrogen) atoms. The van der Waals surface area contributed by atoms with E-state index in [0.29, 0.717) is 0 Å². The van der Waals surface area contributed by atoms with Crippen molar-refractivity contribution in [3.8, 4) is 6.07 Å². The second-order valence-corrected chi connectivity index (χ2v) is 3.13. The van der Waals surface area contributed by atoms with Crippen molar-refractivity contribution in [2.75, 3.05) is 12.8 Å². The van der Waals surface area contributed by atoms with Crippen LogP contribution in [0.25, 0.3) is 0 Å². The van der Waals surface area contributed by atoms with E-state index in [9.17, 15) is 13.6 Å². The van der Waals surface area contributed by atoms with Gasteiger partial charge in [-0.1, -0.05) is 0 Å². The third kappa shape index (κ3) is 2.87. The second-order valence-electron chi connectivity index (χ2n) is 3.13. The number of methoxy groups -OCH3 is 1. The van der Waals surface area contributed by atoms with Crippen LogP contribution in [-0.4, -0.2) is 18.1 Å². The highest BCUT2D eigenvalue weighted by molar-refractivity contribution is 5.72. The summed E-state index contributed by atoms with van der Waals surface area (Å²) in [5.41, 5.74) is 4.38. The molecule has 0 amide bonds. The van der Waals surface area contributed by atoms with E-state index in [1.165, 1.54) is 0 Å². The van der Waals surface area contributed by atoms with E-state index in [4.69, 9.17) is 11.0 Å². The predicted molar refractivity (Wildman–Crippen MR) is 54.0 cm³/mol. The molecule has 0 fully saturated rings. The average Bonchev–Trinajstić information content (AvgIpc) is 2.30. The summed E-state index contributed by atoms with van der Waals surface area (Å²) in [5.74, 6) is -0.715. The number of hydrogen-bond acceptors (Lipinski definition) is 5. The van der Waals surface area contributed by atoms with E-state index >= 15 is 0 Å². The van der Waals surface area contributed by atoms with Crippen LogP contribution in [0.1, 0.15) is 23.4 Å². The Hall–Kier alpha value is -2.23. The molecular formula is C10H9F2N3O2. The van der Waals surface area contributed by atoms with Crippen LogP contribution in [0.2, 0.25) is 0 Å². The minimum absolute atomic E-state index is 0.142. The molecule has 1 heterocycles. The predicted octanol–water partition coefficient (Wildman–Crippen LogP) is 1.19. The number of alkyl halides is 2. The summed E-state index contributed by atoms with van der Waals surface area (Å²) in [6.45, 7) is 0. The molecule has 0 unspecified atom stereocenters. The molecule has 0 saturated carbocycles.